The van der Waals surface area contributed by atoms with E-state index in [0.717, 1.165) is 19.4 Å². The lowest BCUT2D eigenvalue weighted by atomic mass is 10.2. The van der Waals surface area contributed by atoms with Gasteiger partial charge in [-0.1, -0.05) is 0 Å². The van der Waals surface area contributed by atoms with Crippen molar-refractivity contribution in [3.05, 3.63) is 0 Å². The van der Waals surface area contributed by atoms with Gasteiger partial charge in [-0.25, -0.2) is 0 Å². The predicted molar refractivity (Wildman–Crippen MR) is 30.7 cm³/mol. The Kier molecular flexibility index (Phi) is 1.71. The van der Waals surface area contributed by atoms with Gasteiger partial charge in [-0.15, -0.1) is 0 Å². The Bertz CT molecular complexity index is 124. The molecule has 9 heavy (non-hydrogen) atoms. The van der Waals surface area contributed by atoms with E-state index < -0.39 is 5.97 Å². The topological polar surface area (TPSA) is 43.4 Å². The van der Waals surface area contributed by atoms with Crippen LogP contribution in [0.25, 0.3) is 0 Å². The van der Waals surface area contributed by atoms with Crippen LogP contribution in [0.4, 0.5) is 0 Å². The molecule has 52 valence electrons. The average molecular weight is 128 g/mol. The third-order valence-electron chi connectivity index (χ3n) is 1.79. The van der Waals surface area contributed by atoms with E-state index in [4.69, 9.17) is 0 Å². The van der Waals surface area contributed by atoms with Crippen molar-refractivity contribution in [3.63, 3.8) is 0 Å². The van der Waals surface area contributed by atoms with E-state index >= 15 is 0 Å². The van der Waals surface area contributed by atoms with Crippen LogP contribution in [0.5, 0.6) is 0 Å². The minimum absolute atomic E-state index is 0.329. The van der Waals surface area contributed by atoms with E-state index in [1.165, 1.54) is 0 Å². The monoisotopic (exact) mass is 128 g/mol. The second kappa shape index (κ2) is 2.35. The summed E-state index contributed by atoms with van der Waals surface area (Å²) in [6.07, 6.45) is 1.73. The van der Waals surface area contributed by atoms with Crippen LogP contribution in [0.1, 0.15) is 12.8 Å². The standard InChI is InChI=1S/C6H11NO2/c1-7-4-2-3-5(7)6(8)9/h5H,2-4H2,1H3,(H,8,9)/p-1. The van der Waals surface area contributed by atoms with Crippen LogP contribution in [0.3, 0.4) is 0 Å². The molecule has 0 spiro atoms. The summed E-state index contributed by atoms with van der Waals surface area (Å²) < 4.78 is 0. The Balaban J connectivity index is 2.49. The zero-order valence-corrected chi connectivity index (χ0v) is 5.46. The highest BCUT2D eigenvalue weighted by Crippen LogP contribution is 2.12. The summed E-state index contributed by atoms with van der Waals surface area (Å²) in [5.74, 6) is -0.935. The zero-order chi connectivity index (χ0) is 6.85. The number of likely N-dealkylation sites (N-methyl/N-ethyl adjacent to an activating group) is 1. The third kappa shape index (κ3) is 1.21. The van der Waals surface area contributed by atoms with Crippen LogP contribution < -0.4 is 5.11 Å². The quantitative estimate of drug-likeness (QED) is 0.447. The number of carboxylic acid groups (broad SMARTS) is 1. The molecule has 3 heteroatoms. The first kappa shape index (κ1) is 6.55. The van der Waals surface area contributed by atoms with Gasteiger partial charge in [0.15, 0.2) is 0 Å². The molecule has 0 aromatic heterocycles. The Morgan fingerprint density at radius 3 is 2.67 bits per heavy atom. The lowest BCUT2D eigenvalue weighted by molar-refractivity contribution is -0.310. The molecule has 1 heterocycles. The van der Waals surface area contributed by atoms with Crippen molar-refractivity contribution in [1.82, 2.24) is 4.90 Å². The average Bonchev–Trinajstić information content (AvgIpc) is 2.13. The summed E-state index contributed by atoms with van der Waals surface area (Å²) in [5.41, 5.74) is 0. The van der Waals surface area contributed by atoms with Crippen molar-refractivity contribution < 1.29 is 9.90 Å². The van der Waals surface area contributed by atoms with Crippen LogP contribution in [-0.4, -0.2) is 30.5 Å². The zero-order valence-electron chi connectivity index (χ0n) is 5.46. The van der Waals surface area contributed by atoms with Gasteiger partial charge in [-0.2, -0.15) is 0 Å². The molecule has 1 aliphatic heterocycles. The smallest absolute Gasteiger partial charge is 0.0586 e. The number of hydrogen-bond donors (Lipinski definition) is 0. The van der Waals surface area contributed by atoms with Crippen LogP contribution in [-0.2, 0) is 4.79 Å². The maximum absolute atomic E-state index is 10.3. The van der Waals surface area contributed by atoms with E-state index in [1.807, 2.05) is 11.9 Å². The number of carboxylic acids is 1. The fraction of sp³-hybridized carbons (Fsp3) is 0.833. The molecule has 1 atom stereocenters. The van der Waals surface area contributed by atoms with Crippen molar-refractivity contribution >= 4 is 5.97 Å². The minimum Gasteiger partial charge on any atom is -0.548 e. The van der Waals surface area contributed by atoms with Gasteiger partial charge in [0.2, 0.25) is 0 Å². The largest absolute Gasteiger partial charge is 0.548 e. The first-order valence-corrected chi connectivity index (χ1v) is 3.13. The number of aliphatic carboxylic acids is 1. The van der Waals surface area contributed by atoms with Gasteiger partial charge < -0.3 is 9.90 Å². The summed E-state index contributed by atoms with van der Waals surface area (Å²) in [6.45, 7) is 0.888. The van der Waals surface area contributed by atoms with Crippen molar-refractivity contribution in [3.8, 4) is 0 Å². The number of nitrogens with zero attached hydrogens (tertiary/aromatic N) is 1. The number of likely N-dealkylation sites (tertiary alicyclic amines) is 1. The number of rotatable bonds is 1. The second-order valence-electron chi connectivity index (χ2n) is 2.46. The number of carbonyl (C=O) groups excluding carboxylic acids is 1. The molecule has 0 aromatic carbocycles. The van der Waals surface area contributed by atoms with Gasteiger partial charge in [0.05, 0.1) is 5.97 Å². The lowest BCUT2D eigenvalue weighted by Crippen LogP contribution is -2.42. The van der Waals surface area contributed by atoms with Crippen molar-refractivity contribution in [2.24, 2.45) is 0 Å². The Labute approximate surface area is 54.3 Å². The predicted octanol–water partition coefficient (Wildman–Crippen LogP) is -1.17. The number of carbonyl (C=O) groups is 1. The van der Waals surface area contributed by atoms with E-state index in [0.29, 0.717) is 0 Å². The molecular weight excluding hydrogens is 118 g/mol. The van der Waals surface area contributed by atoms with Crippen molar-refractivity contribution in [2.75, 3.05) is 13.6 Å². The van der Waals surface area contributed by atoms with Crippen LogP contribution in [0.15, 0.2) is 0 Å². The molecule has 0 bridgehead atoms. The van der Waals surface area contributed by atoms with E-state index in [-0.39, 0.29) is 6.04 Å². The van der Waals surface area contributed by atoms with Crippen molar-refractivity contribution in [2.45, 2.75) is 18.9 Å². The van der Waals surface area contributed by atoms with E-state index in [9.17, 15) is 9.90 Å². The summed E-state index contributed by atoms with van der Waals surface area (Å²) in [6, 6.07) is -0.329. The highest BCUT2D eigenvalue weighted by molar-refractivity contribution is 5.71. The summed E-state index contributed by atoms with van der Waals surface area (Å²) in [7, 11) is 1.81. The molecule has 3 nitrogen and oxygen atoms in total. The molecule has 1 saturated heterocycles. The Morgan fingerprint density at radius 1 is 1.78 bits per heavy atom. The first-order chi connectivity index (χ1) is 4.22. The van der Waals surface area contributed by atoms with Gasteiger partial charge in [-0.3, -0.25) is 4.90 Å². The SMILES string of the molecule is CN1CCCC1C(=O)[O-]. The van der Waals surface area contributed by atoms with Gasteiger partial charge in [-0.05, 0) is 26.4 Å². The highest BCUT2D eigenvalue weighted by atomic mass is 16.4. The Morgan fingerprint density at radius 2 is 2.44 bits per heavy atom. The molecule has 1 fully saturated rings. The summed E-state index contributed by atoms with van der Waals surface area (Å²) >= 11 is 0. The highest BCUT2D eigenvalue weighted by Gasteiger charge is 2.20. The fourth-order valence-electron chi connectivity index (χ4n) is 1.21. The van der Waals surface area contributed by atoms with E-state index in [1.54, 1.807) is 0 Å². The molecule has 1 aliphatic rings. The third-order valence-corrected chi connectivity index (χ3v) is 1.79. The fourth-order valence-corrected chi connectivity index (χ4v) is 1.21. The van der Waals surface area contributed by atoms with Crippen LogP contribution >= 0.6 is 0 Å². The molecule has 0 amide bonds. The minimum atomic E-state index is -0.935. The molecule has 0 saturated carbocycles. The van der Waals surface area contributed by atoms with Crippen LogP contribution in [0, 0.1) is 0 Å². The maximum atomic E-state index is 10.3. The summed E-state index contributed by atoms with van der Waals surface area (Å²) in [4.78, 5) is 12.1. The van der Waals surface area contributed by atoms with Gasteiger partial charge in [0.1, 0.15) is 0 Å². The van der Waals surface area contributed by atoms with Crippen LogP contribution in [0.2, 0.25) is 0 Å². The molecule has 1 rings (SSSR count). The second-order valence-corrected chi connectivity index (χ2v) is 2.46. The van der Waals surface area contributed by atoms with Gasteiger partial charge >= 0.3 is 0 Å². The maximum Gasteiger partial charge on any atom is 0.0586 e. The summed E-state index contributed by atoms with van der Waals surface area (Å²) in [5, 5.41) is 10.3. The lowest BCUT2D eigenvalue weighted by Gasteiger charge is -2.19. The molecule has 0 aliphatic carbocycles. The molecular formula is C6H10NO2-. The normalized spacial score (nSPS) is 28.8. The van der Waals surface area contributed by atoms with Gasteiger partial charge in [0, 0.05) is 6.04 Å². The van der Waals surface area contributed by atoms with Gasteiger partial charge in [0.25, 0.3) is 0 Å². The Hall–Kier alpha value is -0.570. The molecule has 0 radical (unpaired) electrons. The molecule has 1 unspecified atom stereocenters. The number of hydrogen-bond acceptors (Lipinski definition) is 3. The van der Waals surface area contributed by atoms with E-state index in [2.05, 4.69) is 0 Å². The first-order valence-electron chi connectivity index (χ1n) is 3.13. The molecule has 0 aromatic rings. The van der Waals surface area contributed by atoms with Crippen molar-refractivity contribution in [1.29, 1.82) is 0 Å². The molecule has 0 N–H and O–H groups in total.